The number of anilines is 1. The van der Waals surface area contributed by atoms with Crippen LogP contribution in [-0.2, 0) is 9.59 Å². The quantitative estimate of drug-likeness (QED) is 0.543. The van der Waals surface area contributed by atoms with E-state index in [-0.39, 0.29) is 22.9 Å². The first-order valence-corrected chi connectivity index (χ1v) is 10.1. The number of para-hydroxylation sites is 1. The van der Waals surface area contributed by atoms with E-state index in [9.17, 15) is 14.4 Å². The summed E-state index contributed by atoms with van der Waals surface area (Å²) in [6, 6.07) is 18.2. The van der Waals surface area contributed by atoms with Crippen molar-refractivity contribution in [2.45, 2.75) is 19.8 Å². The SMILES string of the molecule is C=C(C)C(=O)NC1=NN(c2ccccc2)C(=O)C1C(c1ccccc1)c1c(C)[nH][nH]c1=O. The topological polar surface area (TPSA) is 110 Å². The highest BCUT2D eigenvalue weighted by Gasteiger charge is 2.45. The lowest BCUT2D eigenvalue weighted by Gasteiger charge is -2.24. The van der Waals surface area contributed by atoms with E-state index in [2.05, 4.69) is 27.2 Å². The van der Waals surface area contributed by atoms with Gasteiger partial charge in [-0.1, -0.05) is 55.1 Å². The number of nitrogens with zero attached hydrogens (tertiary/aromatic N) is 2. The highest BCUT2D eigenvalue weighted by atomic mass is 16.2. The first kappa shape index (κ1) is 21.0. The summed E-state index contributed by atoms with van der Waals surface area (Å²) in [6.07, 6.45) is 0. The minimum Gasteiger partial charge on any atom is -0.308 e. The molecule has 2 atom stereocenters. The number of hydrazone groups is 1. The highest BCUT2D eigenvalue weighted by Crippen LogP contribution is 2.37. The molecular weight excluding hydrogens is 406 g/mol. The molecule has 3 aromatic rings. The summed E-state index contributed by atoms with van der Waals surface area (Å²) in [4.78, 5) is 38.9. The summed E-state index contributed by atoms with van der Waals surface area (Å²) in [6.45, 7) is 7.01. The lowest BCUT2D eigenvalue weighted by Crippen LogP contribution is -2.41. The smallest absolute Gasteiger partial charge is 0.267 e. The molecule has 3 N–H and O–H groups in total. The third-order valence-electron chi connectivity index (χ3n) is 5.42. The van der Waals surface area contributed by atoms with Gasteiger partial charge in [0.25, 0.3) is 17.4 Å². The van der Waals surface area contributed by atoms with Crippen LogP contribution in [0.4, 0.5) is 5.69 Å². The molecule has 4 rings (SSSR count). The van der Waals surface area contributed by atoms with Gasteiger partial charge in [-0.15, -0.1) is 0 Å². The monoisotopic (exact) mass is 429 g/mol. The van der Waals surface area contributed by atoms with Crippen LogP contribution in [0.25, 0.3) is 0 Å². The second kappa shape index (κ2) is 8.50. The van der Waals surface area contributed by atoms with Crippen LogP contribution in [0.3, 0.4) is 0 Å². The van der Waals surface area contributed by atoms with E-state index in [4.69, 9.17) is 0 Å². The van der Waals surface area contributed by atoms with Crippen molar-refractivity contribution in [1.82, 2.24) is 15.5 Å². The Labute approximate surface area is 184 Å². The fourth-order valence-corrected chi connectivity index (χ4v) is 3.86. The van der Waals surface area contributed by atoms with Gasteiger partial charge in [-0.05, 0) is 31.5 Å². The third kappa shape index (κ3) is 3.78. The molecule has 1 aromatic heterocycles. The van der Waals surface area contributed by atoms with Crippen LogP contribution < -0.4 is 15.9 Å². The highest BCUT2D eigenvalue weighted by molar-refractivity contribution is 6.20. The molecule has 2 aromatic carbocycles. The zero-order chi connectivity index (χ0) is 22.8. The van der Waals surface area contributed by atoms with Crippen LogP contribution >= 0.6 is 0 Å². The van der Waals surface area contributed by atoms with Gasteiger partial charge in [0.05, 0.1) is 5.69 Å². The van der Waals surface area contributed by atoms with E-state index >= 15 is 0 Å². The number of hydrogen-bond acceptors (Lipinski definition) is 4. The van der Waals surface area contributed by atoms with E-state index in [1.54, 1.807) is 38.1 Å². The number of aromatic amines is 2. The van der Waals surface area contributed by atoms with Crippen molar-refractivity contribution in [3.63, 3.8) is 0 Å². The number of aryl methyl sites for hydroxylation is 1. The molecule has 0 radical (unpaired) electrons. The zero-order valence-corrected chi connectivity index (χ0v) is 17.8. The summed E-state index contributed by atoms with van der Waals surface area (Å²) < 4.78 is 0. The van der Waals surface area contributed by atoms with Crippen molar-refractivity contribution in [1.29, 1.82) is 0 Å². The number of nitrogens with one attached hydrogen (secondary N) is 3. The summed E-state index contributed by atoms with van der Waals surface area (Å²) >= 11 is 0. The lowest BCUT2D eigenvalue weighted by atomic mass is 9.79. The zero-order valence-electron chi connectivity index (χ0n) is 17.8. The fraction of sp³-hybridized carbons (Fsp3) is 0.167. The Morgan fingerprint density at radius 2 is 1.69 bits per heavy atom. The van der Waals surface area contributed by atoms with Crippen molar-refractivity contribution in [2.24, 2.45) is 11.0 Å². The lowest BCUT2D eigenvalue weighted by molar-refractivity contribution is -0.120. The minimum atomic E-state index is -0.920. The number of aromatic nitrogens is 2. The molecule has 32 heavy (non-hydrogen) atoms. The fourth-order valence-electron chi connectivity index (χ4n) is 3.86. The van der Waals surface area contributed by atoms with Gasteiger partial charge in [0.15, 0.2) is 0 Å². The van der Waals surface area contributed by atoms with Gasteiger partial charge in [0.2, 0.25) is 0 Å². The number of carbonyl (C=O) groups excluding carboxylic acids is 2. The Morgan fingerprint density at radius 3 is 2.25 bits per heavy atom. The first-order chi connectivity index (χ1) is 15.4. The number of rotatable bonds is 5. The second-order valence-corrected chi connectivity index (χ2v) is 7.69. The molecule has 2 unspecified atom stereocenters. The van der Waals surface area contributed by atoms with E-state index in [1.807, 2.05) is 36.4 Å². The molecule has 2 amide bonds. The van der Waals surface area contributed by atoms with E-state index in [1.165, 1.54) is 5.01 Å². The molecule has 0 fully saturated rings. The van der Waals surface area contributed by atoms with E-state index in [0.717, 1.165) is 5.56 Å². The summed E-state index contributed by atoms with van der Waals surface area (Å²) in [5.74, 6) is -2.21. The maximum Gasteiger partial charge on any atom is 0.267 e. The van der Waals surface area contributed by atoms with Crippen LogP contribution in [0.15, 0.2) is 82.7 Å². The summed E-state index contributed by atoms with van der Waals surface area (Å²) in [5.41, 5.74) is 2.30. The number of amides is 2. The summed E-state index contributed by atoms with van der Waals surface area (Å²) in [7, 11) is 0. The van der Waals surface area contributed by atoms with Crippen LogP contribution in [0.1, 0.15) is 29.7 Å². The maximum absolute atomic E-state index is 13.7. The molecule has 8 heteroatoms. The molecule has 0 bridgehead atoms. The van der Waals surface area contributed by atoms with Crippen LogP contribution in [0, 0.1) is 12.8 Å². The third-order valence-corrected chi connectivity index (χ3v) is 5.42. The first-order valence-electron chi connectivity index (χ1n) is 10.1. The standard InChI is InChI=1S/C24H23N5O3/c1-14(2)22(30)25-21-20(24(32)29(28-21)17-12-8-5-9-13-17)19(16-10-6-4-7-11-16)18-15(3)26-27-23(18)31/h4-13,19-20H,1H2,2-3H3,(H,25,28,30)(H2,26,27,31). The Kier molecular flexibility index (Phi) is 5.59. The Balaban J connectivity index is 1.88. The average Bonchev–Trinajstić information content (AvgIpc) is 3.29. The van der Waals surface area contributed by atoms with Crippen LogP contribution in [-0.4, -0.2) is 27.8 Å². The maximum atomic E-state index is 13.7. The van der Waals surface area contributed by atoms with Gasteiger partial charge in [-0.25, -0.2) is 0 Å². The minimum absolute atomic E-state index is 0.167. The van der Waals surface area contributed by atoms with Crippen molar-refractivity contribution >= 4 is 23.3 Å². The predicted octanol–water partition coefficient (Wildman–Crippen LogP) is 2.81. The number of benzene rings is 2. The largest absolute Gasteiger partial charge is 0.308 e. The molecule has 162 valence electrons. The molecule has 1 aliphatic rings. The van der Waals surface area contributed by atoms with Gasteiger partial charge in [-0.3, -0.25) is 19.5 Å². The number of carbonyl (C=O) groups is 2. The molecule has 8 nitrogen and oxygen atoms in total. The Bertz CT molecular complexity index is 1260. The molecule has 0 saturated carbocycles. The van der Waals surface area contributed by atoms with Gasteiger partial charge in [-0.2, -0.15) is 10.1 Å². The molecule has 0 aliphatic carbocycles. The van der Waals surface area contributed by atoms with Gasteiger partial charge >= 0.3 is 0 Å². The normalized spacial score (nSPS) is 16.6. The van der Waals surface area contributed by atoms with Crippen molar-refractivity contribution in [2.75, 3.05) is 5.01 Å². The number of hydrogen-bond donors (Lipinski definition) is 3. The van der Waals surface area contributed by atoms with Crippen molar-refractivity contribution in [3.05, 3.63) is 100.0 Å². The Hall–Kier alpha value is -4.20. The van der Waals surface area contributed by atoms with Crippen LogP contribution in [0.2, 0.25) is 0 Å². The molecule has 0 spiro atoms. The Morgan fingerprint density at radius 1 is 1.06 bits per heavy atom. The predicted molar refractivity (Wildman–Crippen MR) is 122 cm³/mol. The van der Waals surface area contributed by atoms with Gasteiger partial charge < -0.3 is 10.4 Å². The van der Waals surface area contributed by atoms with Crippen LogP contribution in [0.5, 0.6) is 0 Å². The van der Waals surface area contributed by atoms with E-state index < -0.39 is 17.7 Å². The number of H-pyrrole nitrogens is 2. The van der Waals surface area contributed by atoms with Crippen molar-refractivity contribution in [3.8, 4) is 0 Å². The van der Waals surface area contributed by atoms with Gasteiger partial charge in [0.1, 0.15) is 11.8 Å². The molecule has 1 aliphatic heterocycles. The number of amidine groups is 1. The van der Waals surface area contributed by atoms with E-state index in [0.29, 0.717) is 16.9 Å². The van der Waals surface area contributed by atoms with Crippen molar-refractivity contribution < 1.29 is 9.59 Å². The second-order valence-electron chi connectivity index (χ2n) is 7.69. The summed E-state index contributed by atoms with van der Waals surface area (Å²) in [5, 5.41) is 13.9. The molecular formula is C24H23N5O3. The average molecular weight is 429 g/mol. The molecule has 0 saturated heterocycles. The molecule has 2 heterocycles. The van der Waals surface area contributed by atoms with Gasteiger partial charge in [0, 0.05) is 22.7 Å².